The second-order valence-corrected chi connectivity index (χ2v) is 8.83. The summed E-state index contributed by atoms with van der Waals surface area (Å²) >= 11 is 0. The van der Waals surface area contributed by atoms with Crippen LogP contribution in [-0.4, -0.2) is 18.5 Å². The van der Waals surface area contributed by atoms with Crippen LogP contribution >= 0.6 is 0 Å². The Hall–Kier alpha value is -0.160. The number of unbranched alkanes of at least 4 members (excludes halogenated alkanes) is 9. The van der Waals surface area contributed by atoms with Crippen LogP contribution in [0.5, 0.6) is 0 Å². The first-order valence-corrected chi connectivity index (χ1v) is 11.5. The number of aromatic nitrogens is 1. The first-order chi connectivity index (χ1) is 12.8. The summed E-state index contributed by atoms with van der Waals surface area (Å²) in [5, 5.41) is 0. The molecule has 3 rings (SSSR count). The lowest BCUT2D eigenvalue weighted by atomic mass is 9.79. The number of halogens is 1. The number of nitrogens with zero attached hydrogens (tertiary/aromatic N) is 1. The van der Waals surface area contributed by atoms with Gasteiger partial charge >= 0.3 is 0 Å². The fourth-order valence-electron chi connectivity index (χ4n) is 5.33. The number of fused-ring (bicyclic) bond motifs is 3. The minimum absolute atomic E-state index is 0. The Bertz CT molecular complexity index is 545. The van der Waals surface area contributed by atoms with Crippen LogP contribution in [0.4, 0.5) is 0 Å². The largest absolute Gasteiger partial charge is 1.00 e. The van der Waals surface area contributed by atoms with Gasteiger partial charge in [-0.3, -0.25) is 4.90 Å². The SMILES string of the molecule is CCCCCCCCCCCCc1[nH+]ccc2c1CC[C@H]1CCN(C)[C@@H]21.[I-]. The maximum absolute atomic E-state index is 3.60. The zero-order valence-corrected chi connectivity index (χ0v) is 19.9. The monoisotopic (exact) mass is 484 g/mol. The Morgan fingerprint density at radius 3 is 2.33 bits per heavy atom. The number of nitrogens with one attached hydrogen (secondary N) is 1. The zero-order valence-electron chi connectivity index (χ0n) is 17.7. The fraction of sp³-hybridized carbons (Fsp3) is 0.792. The van der Waals surface area contributed by atoms with Gasteiger partial charge in [0, 0.05) is 24.1 Å². The normalized spacial score (nSPS) is 21.6. The van der Waals surface area contributed by atoms with Crippen LogP contribution in [0.15, 0.2) is 12.3 Å². The summed E-state index contributed by atoms with van der Waals surface area (Å²) in [6.45, 7) is 3.58. The molecular formula is C24H41IN2. The maximum Gasteiger partial charge on any atom is 0.183 e. The molecule has 1 aromatic heterocycles. The number of hydrogen-bond acceptors (Lipinski definition) is 1. The number of aromatic amines is 1. The van der Waals surface area contributed by atoms with Crippen LogP contribution in [0.3, 0.4) is 0 Å². The Kier molecular flexibility index (Phi) is 10.6. The second-order valence-electron chi connectivity index (χ2n) is 8.83. The molecule has 1 N–H and O–H groups in total. The summed E-state index contributed by atoms with van der Waals surface area (Å²) < 4.78 is 0. The molecule has 1 fully saturated rings. The molecule has 0 aromatic carbocycles. The van der Waals surface area contributed by atoms with Crippen LogP contribution < -0.4 is 29.0 Å². The van der Waals surface area contributed by atoms with Gasteiger partial charge in [-0.05, 0) is 50.8 Å². The maximum atomic E-state index is 3.60. The van der Waals surface area contributed by atoms with Crippen molar-refractivity contribution in [1.29, 1.82) is 0 Å². The molecule has 1 aromatic rings. The summed E-state index contributed by atoms with van der Waals surface area (Å²) in [6.07, 6.45) is 21.8. The fourth-order valence-corrected chi connectivity index (χ4v) is 5.33. The highest BCUT2D eigenvalue weighted by atomic mass is 127. The Labute approximate surface area is 184 Å². The van der Waals surface area contributed by atoms with Gasteiger partial charge < -0.3 is 24.0 Å². The average molecular weight is 485 g/mol. The zero-order chi connectivity index (χ0) is 18.2. The van der Waals surface area contributed by atoms with Gasteiger partial charge in [0.25, 0.3) is 0 Å². The predicted molar refractivity (Wildman–Crippen MR) is 110 cm³/mol. The van der Waals surface area contributed by atoms with Crippen LogP contribution in [0.2, 0.25) is 0 Å². The lowest BCUT2D eigenvalue weighted by molar-refractivity contribution is -0.391. The molecule has 3 heteroatoms. The molecule has 2 atom stereocenters. The second kappa shape index (κ2) is 12.4. The first kappa shape index (κ1) is 23.1. The molecule has 1 saturated heterocycles. The molecule has 0 bridgehead atoms. The van der Waals surface area contributed by atoms with E-state index in [1.54, 1.807) is 16.8 Å². The number of rotatable bonds is 11. The minimum Gasteiger partial charge on any atom is -1.00 e. The third kappa shape index (κ3) is 6.42. The number of pyridine rings is 1. The molecule has 1 aliphatic carbocycles. The van der Waals surface area contributed by atoms with Gasteiger partial charge in [0.2, 0.25) is 0 Å². The number of aryl methyl sites for hydroxylation is 1. The third-order valence-electron chi connectivity index (χ3n) is 6.87. The van der Waals surface area contributed by atoms with E-state index in [0.29, 0.717) is 6.04 Å². The molecule has 2 nitrogen and oxygen atoms in total. The van der Waals surface area contributed by atoms with E-state index in [9.17, 15) is 0 Å². The van der Waals surface area contributed by atoms with Crippen LogP contribution in [0.25, 0.3) is 0 Å². The molecule has 27 heavy (non-hydrogen) atoms. The summed E-state index contributed by atoms with van der Waals surface area (Å²) in [7, 11) is 2.32. The van der Waals surface area contributed by atoms with Gasteiger partial charge in [0.1, 0.15) is 0 Å². The van der Waals surface area contributed by atoms with Crippen molar-refractivity contribution in [2.45, 2.75) is 103 Å². The highest BCUT2D eigenvalue weighted by Crippen LogP contribution is 2.44. The number of H-pyrrole nitrogens is 1. The standard InChI is InChI=1S/C24H40N2.HI/c1-3-4-5-6-7-8-9-10-11-12-13-23-21-15-14-20-17-19-26(2)24(20)22(21)16-18-25-23;/h16,18,20,24H,3-15,17,19H2,1-2H3;1H/t20-,24+;/m0./s1. The van der Waals surface area contributed by atoms with Crippen LogP contribution in [0.1, 0.15) is 107 Å². The van der Waals surface area contributed by atoms with E-state index in [0.717, 1.165) is 5.92 Å². The van der Waals surface area contributed by atoms with E-state index in [-0.39, 0.29) is 24.0 Å². The van der Waals surface area contributed by atoms with E-state index in [2.05, 4.69) is 36.1 Å². The van der Waals surface area contributed by atoms with Crippen molar-refractivity contribution >= 4 is 0 Å². The van der Waals surface area contributed by atoms with Crippen molar-refractivity contribution < 1.29 is 29.0 Å². The minimum atomic E-state index is 0. The molecule has 0 spiro atoms. The summed E-state index contributed by atoms with van der Waals surface area (Å²) in [5.74, 6) is 0.903. The van der Waals surface area contributed by atoms with Gasteiger partial charge in [-0.15, -0.1) is 0 Å². The average Bonchev–Trinajstić information content (AvgIpc) is 3.05. The molecule has 2 heterocycles. The summed E-state index contributed by atoms with van der Waals surface area (Å²) in [6, 6.07) is 3.07. The quantitative estimate of drug-likeness (QED) is 0.349. The van der Waals surface area contributed by atoms with E-state index < -0.39 is 0 Å². The van der Waals surface area contributed by atoms with Crippen molar-refractivity contribution in [1.82, 2.24) is 4.90 Å². The van der Waals surface area contributed by atoms with Crippen molar-refractivity contribution in [2.24, 2.45) is 5.92 Å². The molecule has 154 valence electrons. The van der Waals surface area contributed by atoms with Crippen LogP contribution in [-0.2, 0) is 12.8 Å². The van der Waals surface area contributed by atoms with Crippen molar-refractivity contribution in [3.63, 3.8) is 0 Å². The Balaban J connectivity index is 0.00000261. The highest BCUT2D eigenvalue weighted by Gasteiger charge is 2.38. The van der Waals surface area contributed by atoms with E-state index in [1.165, 1.54) is 96.4 Å². The Morgan fingerprint density at radius 1 is 0.963 bits per heavy atom. The van der Waals surface area contributed by atoms with Crippen LogP contribution in [0, 0.1) is 5.92 Å². The topological polar surface area (TPSA) is 17.4 Å². The highest BCUT2D eigenvalue weighted by molar-refractivity contribution is 5.34. The third-order valence-corrected chi connectivity index (χ3v) is 6.87. The van der Waals surface area contributed by atoms with Crippen molar-refractivity contribution in [2.75, 3.05) is 13.6 Å². The molecule has 0 saturated carbocycles. The van der Waals surface area contributed by atoms with Gasteiger partial charge in [0.05, 0.1) is 0 Å². The molecule has 0 radical (unpaired) electrons. The molecule has 0 unspecified atom stereocenters. The van der Waals surface area contributed by atoms with Gasteiger partial charge in [0.15, 0.2) is 11.9 Å². The van der Waals surface area contributed by atoms with Gasteiger partial charge in [-0.25, -0.2) is 4.98 Å². The first-order valence-electron chi connectivity index (χ1n) is 11.5. The van der Waals surface area contributed by atoms with Crippen molar-refractivity contribution in [3.8, 4) is 0 Å². The molecule has 1 aliphatic heterocycles. The number of likely N-dealkylation sites (tertiary alicyclic amines) is 1. The summed E-state index contributed by atoms with van der Waals surface area (Å²) in [5.41, 5.74) is 4.85. The van der Waals surface area contributed by atoms with Gasteiger partial charge in [-0.1, -0.05) is 64.7 Å². The smallest absolute Gasteiger partial charge is 0.183 e. The van der Waals surface area contributed by atoms with E-state index >= 15 is 0 Å². The number of hydrogen-bond donors (Lipinski definition) is 0. The van der Waals surface area contributed by atoms with E-state index in [4.69, 9.17) is 0 Å². The lowest BCUT2D eigenvalue weighted by Gasteiger charge is -2.31. The summed E-state index contributed by atoms with van der Waals surface area (Å²) in [4.78, 5) is 6.19. The van der Waals surface area contributed by atoms with Gasteiger partial charge in [-0.2, -0.15) is 0 Å². The Morgan fingerprint density at radius 2 is 1.63 bits per heavy atom. The van der Waals surface area contributed by atoms with E-state index in [1.807, 2.05) is 0 Å². The van der Waals surface area contributed by atoms with Crippen molar-refractivity contribution in [3.05, 3.63) is 29.1 Å². The predicted octanol–water partition coefficient (Wildman–Crippen LogP) is 2.91. The molecule has 2 aliphatic rings. The molecule has 0 amide bonds. The molecular weight excluding hydrogens is 443 g/mol. The lowest BCUT2D eigenvalue weighted by Crippen LogP contribution is -3.00.